The van der Waals surface area contributed by atoms with Crippen molar-refractivity contribution in [1.29, 1.82) is 0 Å². The molecule has 0 aromatic carbocycles. The lowest BCUT2D eigenvalue weighted by Gasteiger charge is -2.03. The minimum absolute atomic E-state index is 0.00241. The standard InChI is InChI=1S/C7H13N3O/c8-2-1-4-10-5-3-9-7(10)6-11/h3,5,11H,1-2,4,6,8H2. The highest BCUT2D eigenvalue weighted by Gasteiger charge is 1.98. The van der Waals surface area contributed by atoms with Crippen molar-refractivity contribution in [2.75, 3.05) is 6.54 Å². The first-order chi connectivity index (χ1) is 5.38. The fourth-order valence-electron chi connectivity index (χ4n) is 0.957. The van der Waals surface area contributed by atoms with E-state index in [9.17, 15) is 0 Å². The first-order valence-electron chi connectivity index (χ1n) is 3.69. The van der Waals surface area contributed by atoms with Crippen molar-refractivity contribution in [3.63, 3.8) is 0 Å². The van der Waals surface area contributed by atoms with Gasteiger partial charge in [-0.3, -0.25) is 0 Å². The Labute approximate surface area is 65.7 Å². The van der Waals surface area contributed by atoms with E-state index in [2.05, 4.69) is 4.98 Å². The van der Waals surface area contributed by atoms with Crippen molar-refractivity contribution in [2.45, 2.75) is 19.6 Å². The Balaban J connectivity index is 2.54. The molecule has 11 heavy (non-hydrogen) atoms. The summed E-state index contributed by atoms with van der Waals surface area (Å²) in [6.45, 7) is 1.51. The number of imidazole rings is 1. The summed E-state index contributed by atoms with van der Waals surface area (Å²) >= 11 is 0. The zero-order chi connectivity index (χ0) is 8.10. The van der Waals surface area contributed by atoms with Gasteiger partial charge in [-0.2, -0.15) is 0 Å². The summed E-state index contributed by atoms with van der Waals surface area (Å²) in [7, 11) is 0. The molecule has 0 atom stereocenters. The highest BCUT2D eigenvalue weighted by atomic mass is 16.3. The SMILES string of the molecule is NCCCn1ccnc1CO. The van der Waals surface area contributed by atoms with E-state index in [-0.39, 0.29) is 6.61 Å². The van der Waals surface area contributed by atoms with Crippen molar-refractivity contribution in [3.8, 4) is 0 Å². The summed E-state index contributed by atoms with van der Waals surface area (Å²) < 4.78 is 1.91. The van der Waals surface area contributed by atoms with E-state index in [1.807, 2.05) is 10.8 Å². The molecule has 4 nitrogen and oxygen atoms in total. The van der Waals surface area contributed by atoms with Gasteiger partial charge in [0, 0.05) is 18.9 Å². The van der Waals surface area contributed by atoms with Gasteiger partial charge in [0.1, 0.15) is 12.4 Å². The topological polar surface area (TPSA) is 64.1 Å². The van der Waals surface area contributed by atoms with Gasteiger partial charge in [-0.1, -0.05) is 0 Å². The third kappa shape index (κ3) is 2.03. The molecule has 1 aromatic rings. The van der Waals surface area contributed by atoms with Crippen LogP contribution < -0.4 is 5.73 Å². The van der Waals surface area contributed by atoms with Crippen LogP contribution in [0.25, 0.3) is 0 Å². The first-order valence-corrected chi connectivity index (χ1v) is 3.69. The average molecular weight is 155 g/mol. The summed E-state index contributed by atoms with van der Waals surface area (Å²) in [5.74, 6) is 0.707. The molecule has 0 amide bonds. The van der Waals surface area contributed by atoms with Crippen LogP contribution in [0.2, 0.25) is 0 Å². The molecule has 0 fully saturated rings. The largest absolute Gasteiger partial charge is 0.388 e. The molecule has 0 unspecified atom stereocenters. The summed E-state index contributed by atoms with van der Waals surface area (Å²) in [4.78, 5) is 3.96. The lowest BCUT2D eigenvalue weighted by atomic mass is 10.4. The minimum atomic E-state index is -0.00241. The van der Waals surface area contributed by atoms with Crippen molar-refractivity contribution in [3.05, 3.63) is 18.2 Å². The maximum Gasteiger partial charge on any atom is 0.134 e. The van der Waals surface area contributed by atoms with Gasteiger partial charge in [0.15, 0.2) is 0 Å². The van der Waals surface area contributed by atoms with E-state index in [0.717, 1.165) is 13.0 Å². The molecule has 0 radical (unpaired) electrons. The zero-order valence-electron chi connectivity index (χ0n) is 6.40. The Bertz CT molecular complexity index is 209. The van der Waals surface area contributed by atoms with Crippen molar-refractivity contribution >= 4 is 0 Å². The number of nitrogens with zero attached hydrogens (tertiary/aromatic N) is 2. The predicted octanol–water partition coefficient (Wildman–Crippen LogP) is -0.276. The van der Waals surface area contributed by atoms with Gasteiger partial charge >= 0.3 is 0 Å². The van der Waals surface area contributed by atoms with Gasteiger partial charge in [0.25, 0.3) is 0 Å². The Morgan fingerprint density at radius 2 is 2.45 bits per heavy atom. The van der Waals surface area contributed by atoms with Crippen LogP contribution in [0.15, 0.2) is 12.4 Å². The summed E-state index contributed by atoms with van der Waals surface area (Å²) in [6.07, 6.45) is 4.45. The van der Waals surface area contributed by atoms with Gasteiger partial charge in [-0.05, 0) is 13.0 Å². The Kier molecular flexibility index (Phi) is 3.07. The van der Waals surface area contributed by atoms with E-state index >= 15 is 0 Å². The second kappa shape index (κ2) is 4.10. The lowest BCUT2D eigenvalue weighted by molar-refractivity contribution is 0.264. The number of nitrogens with two attached hydrogens (primary N) is 1. The average Bonchev–Trinajstić information content (AvgIpc) is 2.47. The van der Waals surface area contributed by atoms with Crippen LogP contribution in [0.4, 0.5) is 0 Å². The number of aryl methyl sites for hydroxylation is 1. The molecule has 1 rings (SSSR count). The minimum Gasteiger partial charge on any atom is -0.388 e. The second-order valence-electron chi connectivity index (χ2n) is 2.34. The maximum atomic E-state index is 8.79. The second-order valence-corrected chi connectivity index (χ2v) is 2.34. The number of aromatic nitrogens is 2. The quantitative estimate of drug-likeness (QED) is 0.628. The molecule has 0 saturated heterocycles. The summed E-state index contributed by atoms with van der Waals surface area (Å²) in [6, 6.07) is 0. The number of aliphatic hydroxyl groups is 1. The van der Waals surface area contributed by atoms with Gasteiger partial charge < -0.3 is 15.4 Å². The van der Waals surface area contributed by atoms with E-state index in [1.165, 1.54) is 0 Å². The van der Waals surface area contributed by atoms with E-state index < -0.39 is 0 Å². The Morgan fingerprint density at radius 3 is 3.09 bits per heavy atom. The fourth-order valence-corrected chi connectivity index (χ4v) is 0.957. The number of hydrogen-bond acceptors (Lipinski definition) is 3. The van der Waals surface area contributed by atoms with Gasteiger partial charge in [0.2, 0.25) is 0 Å². The molecule has 0 aliphatic carbocycles. The third-order valence-corrected chi connectivity index (χ3v) is 1.55. The van der Waals surface area contributed by atoms with Crippen LogP contribution in [0.3, 0.4) is 0 Å². The van der Waals surface area contributed by atoms with Crippen molar-refractivity contribution in [1.82, 2.24) is 9.55 Å². The molecule has 0 aliphatic heterocycles. The molecule has 0 saturated carbocycles. The summed E-state index contributed by atoms with van der Waals surface area (Å²) in [5.41, 5.74) is 5.34. The number of hydrogen-bond donors (Lipinski definition) is 2. The van der Waals surface area contributed by atoms with E-state index in [1.54, 1.807) is 6.20 Å². The highest BCUT2D eigenvalue weighted by Crippen LogP contribution is 1.97. The van der Waals surface area contributed by atoms with E-state index in [4.69, 9.17) is 10.8 Å². The molecule has 0 spiro atoms. The number of aliphatic hydroxyl groups excluding tert-OH is 1. The normalized spacial score (nSPS) is 10.4. The third-order valence-electron chi connectivity index (χ3n) is 1.55. The van der Waals surface area contributed by atoms with Crippen LogP contribution in [-0.4, -0.2) is 21.2 Å². The Hall–Kier alpha value is -0.870. The molecular weight excluding hydrogens is 142 g/mol. The zero-order valence-corrected chi connectivity index (χ0v) is 6.40. The van der Waals surface area contributed by atoms with Crippen molar-refractivity contribution in [2.24, 2.45) is 5.73 Å². The molecule has 4 heteroatoms. The maximum absolute atomic E-state index is 8.79. The smallest absolute Gasteiger partial charge is 0.134 e. The van der Waals surface area contributed by atoms with E-state index in [0.29, 0.717) is 12.4 Å². The van der Waals surface area contributed by atoms with Crippen LogP contribution in [0.1, 0.15) is 12.2 Å². The van der Waals surface area contributed by atoms with Crippen LogP contribution in [-0.2, 0) is 13.2 Å². The predicted molar refractivity (Wildman–Crippen MR) is 41.8 cm³/mol. The monoisotopic (exact) mass is 155 g/mol. The Morgan fingerprint density at radius 1 is 1.64 bits per heavy atom. The van der Waals surface area contributed by atoms with Gasteiger partial charge in [-0.15, -0.1) is 0 Å². The van der Waals surface area contributed by atoms with Gasteiger partial charge in [0.05, 0.1) is 0 Å². The molecule has 0 aliphatic rings. The fraction of sp³-hybridized carbons (Fsp3) is 0.571. The molecule has 0 bridgehead atoms. The molecule has 62 valence electrons. The van der Waals surface area contributed by atoms with Crippen LogP contribution >= 0.6 is 0 Å². The molecular formula is C7H13N3O. The first kappa shape index (κ1) is 8.23. The highest BCUT2D eigenvalue weighted by molar-refractivity contribution is 4.89. The lowest BCUT2D eigenvalue weighted by Crippen LogP contribution is -2.07. The van der Waals surface area contributed by atoms with Crippen molar-refractivity contribution < 1.29 is 5.11 Å². The molecule has 1 aromatic heterocycles. The van der Waals surface area contributed by atoms with Crippen LogP contribution in [0, 0.1) is 0 Å². The molecule has 3 N–H and O–H groups in total. The van der Waals surface area contributed by atoms with Gasteiger partial charge in [-0.25, -0.2) is 4.98 Å². The molecule has 1 heterocycles. The summed E-state index contributed by atoms with van der Waals surface area (Å²) in [5, 5.41) is 8.79. The van der Waals surface area contributed by atoms with Crippen LogP contribution in [0.5, 0.6) is 0 Å². The number of rotatable bonds is 4.